The highest BCUT2D eigenvalue weighted by Crippen LogP contribution is 2.38. The van der Waals surface area contributed by atoms with Gasteiger partial charge in [-0.3, -0.25) is 11.3 Å². The molecule has 0 saturated heterocycles. The molecule has 0 heterocycles. The molecule has 3 N–H and O–H groups in total. The van der Waals surface area contributed by atoms with Crippen LogP contribution in [0.5, 0.6) is 0 Å². The van der Waals surface area contributed by atoms with Crippen LogP contribution in [0.2, 0.25) is 5.02 Å². The Morgan fingerprint density at radius 3 is 2.80 bits per heavy atom. The van der Waals surface area contributed by atoms with Crippen molar-refractivity contribution < 1.29 is 0 Å². The fourth-order valence-corrected chi connectivity index (χ4v) is 2.23. The summed E-state index contributed by atoms with van der Waals surface area (Å²) in [6.07, 6.45) is 3.84. The van der Waals surface area contributed by atoms with Crippen molar-refractivity contribution in [2.24, 2.45) is 11.8 Å². The van der Waals surface area contributed by atoms with Crippen LogP contribution in [0.15, 0.2) is 18.2 Å². The van der Waals surface area contributed by atoms with E-state index in [2.05, 4.69) is 18.4 Å². The van der Waals surface area contributed by atoms with Crippen LogP contribution in [0.4, 0.5) is 0 Å². The average molecular weight is 225 g/mol. The lowest BCUT2D eigenvalue weighted by Gasteiger charge is -2.18. The van der Waals surface area contributed by atoms with E-state index in [0.717, 1.165) is 17.4 Å². The van der Waals surface area contributed by atoms with Gasteiger partial charge in [0.15, 0.2) is 0 Å². The minimum absolute atomic E-state index is 0.273. The zero-order chi connectivity index (χ0) is 10.8. The molecule has 0 amide bonds. The van der Waals surface area contributed by atoms with Crippen molar-refractivity contribution >= 4 is 11.6 Å². The lowest BCUT2D eigenvalue weighted by atomic mass is 9.97. The summed E-state index contributed by atoms with van der Waals surface area (Å²) < 4.78 is 0. The summed E-state index contributed by atoms with van der Waals surface area (Å²) in [6, 6.07) is 6.27. The van der Waals surface area contributed by atoms with Crippen molar-refractivity contribution in [1.82, 2.24) is 5.43 Å². The number of rotatable bonds is 4. The number of benzene rings is 1. The lowest BCUT2D eigenvalue weighted by molar-refractivity contribution is 0.485. The quantitative estimate of drug-likeness (QED) is 0.610. The van der Waals surface area contributed by atoms with Gasteiger partial charge in [-0.05, 0) is 42.5 Å². The van der Waals surface area contributed by atoms with Crippen molar-refractivity contribution in [3.05, 3.63) is 34.3 Å². The molecule has 1 fully saturated rings. The van der Waals surface area contributed by atoms with E-state index in [9.17, 15) is 0 Å². The van der Waals surface area contributed by atoms with Crippen molar-refractivity contribution in [2.45, 2.75) is 32.2 Å². The summed E-state index contributed by atoms with van der Waals surface area (Å²) in [5.74, 6) is 6.47. The molecular formula is C12H17ClN2. The first-order valence-corrected chi connectivity index (χ1v) is 5.80. The zero-order valence-corrected chi connectivity index (χ0v) is 9.72. The Balaban J connectivity index is 2.16. The largest absolute Gasteiger partial charge is 0.271 e. The summed E-state index contributed by atoms with van der Waals surface area (Å²) in [5, 5.41) is 0.790. The Morgan fingerprint density at radius 2 is 2.27 bits per heavy atom. The van der Waals surface area contributed by atoms with Gasteiger partial charge in [-0.25, -0.2) is 0 Å². The van der Waals surface area contributed by atoms with Crippen LogP contribution in [0, 0.1) is 12.8 Å². The molecule has 0 spiro atoms. The van der Waals surface area contributed by atoms with E-state index >= 15 is 0 Å². The number of nitrogens with one attached hydrogen (secondary N) is 1. The van der Waals surface area contributed by atoms with Gasteiger partial charge in [0.2, 0.25) is 0 Å². The van der Waals surface area contributed by atoms with E-state index < -0.39 is 0 Å². The molecule has 0 aromatic heterocycles. The van der Waals surface area contributed by atoms with Crippen LogP contribution in [-0.2, 0) is 0 Å². The molecule has 1 aromatic carbocycles. The van der Waals surface area contributed by atoms with Gasteiger partial charge >= 0.3 is 0 Å². The van der Waals surface area contributed by atoms with Gasteiger partial charge in [0.1, 0.15) is 0 Å². The predicted molar refractivity (Wildman–Crippen MR) is 63.6 cm³/mol. The standard InChI is InChI=1S/C12H17ClN2/c1-8-6-10(13)4-5-11(8)12(15-14)7-9-2-3-9/h4-6,9,12,15H,2-3,7,14H2,1H3. The van der Waals surface area contributed by atoms with E-state index in [1.54, 1.807) is 0 Å². The lowest BCUT2D eigenvalue weighted by Crippen LogP contribution is -2.28. The molecule has 2 rings (SSSR count). The summed E-state index contributed by atoms with van der Waals surface area (Å²) >= 11 is 5.93. The molecule has 1 unspecified atom stereocenters. The first-order chi connectivity index (χ1) is 7.20. The maximum atomic E-state index is 5.93. The summed E-state index contributed by atoms with van der Waals surface area (Å²) in [7, 11) is 0. The van der Waals surface area contributed by atoms with Crippen LogP contribution in [0.1, 0.15) is 36.4 Å². The molecule has 15 heavy (non-hydrogen) atoms. The zero-order valence-electron chi connectivity index (χ0n) is 8.96. The van der Waals surface area contributed by atoms with E-state index in [4.69, 9.17) is 17.4 Å². The van der Waals surface area contributed by atoms with Gasteiger partial charge in [-0.2, -0.15) is 0 Å². The highest BCUT2D eigenvalue weighted by atomic mass is 35.5. The van der Waals surface area contributed by atoms with Crippen LogP contribution < -0.4 is 11.3 Å². The third-order valence-corrected chi connectivity index (χ3v) is 3.31. The first kappa shape index (κ1) is 10.9. The van der Waals surface area contributed by atoms with E-state index in [-0.39, 0.29) is 6.04 Å². The second-order valence-electron chi connectivity index (χ2n) is 4.40. The topological polar surface area (TPSA) is 38.0 Å². The highest BCUT2D eigenvalue weighted by Gasteiger charge is 2.26. The first-order valence-electron chi connectivity index (χ1n) is 5.43. The monoisotopic (exact) mass is 224 g/mol. The molecule has 0 aliphatic heterocycles. The number of nitrogens with two attached hydrogens (primary N) is 1. The Morgan fingerprint density at radius 1 is 1.53 bits per heavy atom. The molecular weight excluding hydrogens is 208 g/mol. The summed E-state index contributed by atoms with van der Waals surface area (Å²) in [6.45, 7) is 2.08. The maximum Gasteiger partial charge on any atom is 0.0465 e. The molecule has 1 saturated carbocycles. The van der Waals surface area contributed by atoms with Crippen LogP contribution >= 0.6 is 11.6 Å². The van der Waals surface area contributed by atoms with Crippen molar-refractivity contribution in [2.75, 3.05) is 0 Å². The molecule has 1 atom stereocenters. The molecule has 3 heteroatoms. The van der Waals surface area contributed by atoms with E-state index in [1.807, 2.05) is 12.1 Å². The number of hydrogen-bond acceptors (Lipinski definition) is 2. The number of aryl methyl sites for hydroxylation is 1. The summed E-state index contributed by atoms with van der Waals surface area (Å²) in [5.41, 5.74) is 5.39. The molecule has 0 bridgehead atoms. The fourth-order valence-electron chi connectivity index (χ4n) is 2.00. The smallest absolute Gasteiger partial charge is 0.0465 e. The maximum absolute atomic E-state index is 5.93. The van der Waals surface area contributed by atoms with Gasteiger partial charge in [-0.15, -0.1) is 0 Å². The van der Waals surface area contributed by atoms with E-state index in [1.165, 1.54) is 24.0 Å². The average Bonchev–Trinajstić information content (AvgIpc) is 2.99. The molecule has 1 aromatic rings. The van der Waals surface area contributed by atoms with Crippen LogP contribution in [0.25, 0.3) is 0 Å². The Labute approximate surface area is 95.8 Å². The Hall–Kier alpha value is -0.570. The molecule has 0 radical (unpaired) electrons. The molecule has 82 valence electrons. The minimum atomic E-state index is 0.273. The van der Waals surface area contributed by atoms with Crippen molar-refractivity contribution in [3.63, 3.8) is 0 Å². The normalized spacial score (nSPS) is 17.8. The highest BCUT2D eigenvalue weighted by molar-refractivity contribution is 6.30. The number of hydrogen-bond donors (Lipinski definition) is 2. The number of halogens is 1. The van der Waals surface area contributed by atoms with Crippen LogP contribution in [0.3, 0.4) is 0 Å². The molecule has 1 aliphatic rings. The van der Waals surface area contributed by atoms with Gasteiger partial charge in [0.05, 0.1) is 0 Å². The summed E-state index contributed by atoms with van der Waals surface area (Å²) in [4.78, 5) is 0. The van der Waals surface area contributed by atoms with Gasteiger partial charge in [0.25, 0.3) is 0 Å². The van der Waals surface area contributed by atoms with Crippen molar-refractivity contribution in [3.8, 4) is 0 Å². The third-order valence-electron chi connectivity index (χ3n) is 3.07. The van der Waals surface area contributed by atoms with Gasteiger partial charge in [0, 0.05) is 11.1 Å². The second-order valence-corrected chi connectivity index (χ2v) is 4.84. The third kappa shape index (κ3) is 2.71. The fraction of sp³-hybridized carbons (Fsp3) is 0.500. The van der Waals surface area contributed by atoms with E-state index in [0.29, 0.717) is 0 Å². The minimum Gasteiger partial charge on any atom is -0.271 e. The SMILES string of the molecule is Cc1cc(Cl)ccc1C(CC1CC1)NN. The van der Waals surface area contributed by atoms with Crippen LogP contribution in [-0.4, -0.2) is 0 Å². The van der Waals surface area contributed by atoms with Gasteiger partial charge in [-0.1, -0.05) is 30.5 Å². The van der Waals surface area contributed by atoms with Gasteiger partial charge < -0.3 is 0 Å². The number of hydrazine groups is 1. The van der Waals surface area contributed by atoms with Crippen molar-refractivity contribution in [1.29, 1.82) is 0 Å². The Bertz CT molecular complexity index is 347. The molecule has 2 nitrogen and oxygen atoms in total. The predicted octanol–water partition coefficient (Wildman–Crippen LogP) is 2.95. The second kappa shape index (κ2) is 4.52. The molecule has 1 aliphatic carbocycles. The Kier molecular flexibility index (Phi) is 3.29.